The summed E-state index contributed by atoms with van der Waals surface area (Å²) in [5, 5.41) is 0.426. The Morgan fingerprint density at radius 3 is 2.65 bits per heavy atom. The maximum absolute atomic E-state index is 12.6. The average Bonchev–Trinajstić information content (AvgIpc) is 3.00. The number of unbranched alkanes of at least 4 members (excludes halogenated alkanes) is 1. The predicted molar refractivity (Wildman–Crippen MR) is 134 cm³/mol. The van der Waals surface area contributed by atoms with Crippen LogP contribution in [-0.2, 0) is 11.4 Å². The second-order valence-electron chi connectivity index (χ2n) is 6.83. The third-order valence-corrected chi connectivity index (χ3v) is 6.65. The van der Waals surface area contributed by atoms with Gasteiger partial charge >= 0.3 is 0 Å². The number of thioether (sulfide) groups is 1. The van der Waals surface area contributed by atoms with Crippen molar-refractivity contribution in [1.82, 2.24) is 4.90 Å². The van der Waals surface area contributed by atoms with Crippen LogP contribution in [0.15, 0.2) is 41.3 Å². The Morgan fingerprint density at radius 1 is 1.16 bits per heavy atom. The van der Waals surface area contributed by atoms with Crippen LogP contribution in [0.4, 0.5) is 4.79 Å². The third kappa shape index (κ3) is 5.96. The van der Waals surface area contributed by atoms with Crippen LogP contribution in [0.25, 0.3) is 6.08 Å². The van der Waals surface area contributed by atoms with Crippen LogP contribution in [-0.4, -0.2) is 29.2 Å². The Bertz CT molecular complexity index is 1010. The van der Waals surface area contributed by atoms with E-state index in [1.54, 1.807) is 6.08 Å². The van der Waals surface area contributed by atoms with Gasteiger partial charge in [0.2, 0.25) is 0 Å². The lowest BCUT2D eigenvalue weighted by Gasteiger charge is -2.15. The fourth-order valence-electron chi connectivity index (χ4n) is 3.00. The van der Waals surface area contributed by atoms with Crippen molar-refractivity contribution in [2.45, 2.75) is 33.3 Å². The first-order valence-corrected chi connectivity index (χ1v) is 12.3. The van der Waals surface area contributed by atoms with Gasteiger partial charge < -0.3 is 9.47 Å². The molecular weight excluding hydrogens is 549 g/mol. The predicted octanol–water partition coefficient (Wildman–Crippen LogP) is 6.76. The molecule has 1 saturated heterocycles. The number of nitrogens with zero attached hydrogens (tertiary/aromatic N) is 1. The topological polar surface area (TPSA) is 55.8 Å². The van der Waals surface area contributed by atoms with Gasteiger partial charge in [-0.2, -0.15) is 0 Å². The van der Waals surface area contributed by atoms with E-state index < -0.39 is 0 Å². The fourth-order valence-corrected chi connectivity index (χ4v) is 4.84. The Balaban J connectivity index is 1.84. The summed E-state index contributed by atoms with van der Waals surface area (Å²) in [6.07, 6.45) is 3.46. The van der Waals surface area contributed by atoms with Gasteiger partial charge in [0, 0.05) is 17.1 Å². The van der Waals surface area contributed by atoms with E-state index in [1.807, 2.05) is 50.2 Å². The van der Waals surface area contributed by atoms with E-state index in [2.05, 4.69) is 22.6 Å². The van der Waals surface area contributed by atoms with Crippen LogP contribution in [0.3, 0.4) is 0 Å². The molecule has 0 aromatic heterocycles. The van der Waals surface area contributed by atoms with Crippen LogP contribution in [0, 0.1) is 3.57 Å². The Hall–Kier alpha value is -1.71. The standard InChI is InChI=1S/C23H23ClINO4S/c1-3-5-10-26-22(27)20(31-23(26)28)13-15-11-18(25)21(19(12-15)29-4-2)30-14-16-8-6-7-9-17(16)24/h6-9,11-13H,3-5,10,14H2,1-2H3/b20-13-. The molecule has 0 atom stereocenters. The van der Waals surface area contributed by atoms with Gasteiger partial charge in [-0.05, 0) is 77.5 Å². The molecule has 3 rings (SSSR count). The summed E-state index contributed by atoms with van der Waals surface area (Å²) in [5.74, 6) is 0.962. The normalized spacial score (nSPS) is 15.1. The van der Waals surface area contributed by atoms with Gasteiger partial charge in [0.25, 0.3) is 11.1 Å². The molecule has 2 aromatic rings. The highest BCUT2D eigenvalue weighted by atomic mass is 127. The molecule has 0 N–H and O–H groups in total. The lowest BCUT2D eigenvalue weighted by Crippen LogP contribution is -2.29. The summed E-state index contributed by atoms with van der Waals surface area (Å²) >= 11 is 9.39. The molecule has 0 spiro atoms. The molecule has 5 nitrogen and oxygen atoms in total. The van der Waals surface area contributed by atoms with Crippen molar-refractivity contribution < 1.29 is 19.1 Å². The van der Waals surface area contributed by atoms with Crippen molar-refractivity contribution in [2.24, 2.45) is 0 Å². The van der Waals surface area contributed by atoms with Crippen LogP contribution in [0.1, 0.15) is 37.8 Å². The largest absolute Gasteiger partial charge is 0.490 e. The second-order valence-corrected chi connectivity index (χ2v) is 9.39. The number of hydrogen-bond donors (Lipinski definition) is 0. The third-order valence-electron chi connectivity index (χ3n) is 4.57. The first kappa shape index (κ1) is 23.9. The maximum atomic E-state index is 12.6. The minimum absolute atomic E-state index is 0.218. The summed E-state index contributed by atoms with van der Waals surface area (Å²) in [4.78, 5) is 26.6. The second kappa shape index (κ2) is 11.2. The molecule has 0 bridgehead atoms. The van der Waals surface area contributed by atoms with E-state index >= 15 is 0 Å². The van der Waals surface area contributed by atoms with Crippen molar-refractivity contribution in [2.75, 3.05) is 13.2 Å². The molecule has 1 fully saturated rings. The zero-order chi connectivity index (χ0) is 22.4. The summed E-state index contributed by atoms with van der Waals surface area (Å²) in [5.41, 5.74) is 1.66. The van der Waals surface area contributed by atoms with E-state index in [1.165, 1.54) is 4.90 Å². The quantitative estimate of drug-likeness (QED) is 0.246. The number of amides is 2. The monoisotopic (exact) mass is 571 g/mol. The molecule has 1 aliphatic rings. The zero-order valence-electron chi connectivity index (χ0n) is 17.3. The molecule has 2 aromatic carbocycles. The number of carbonyl (C=O) groups is 2. The SMILES string of the molecule is CCCCN1C(=O)S/C(=C\c2cc(I)c(OCc3ccccc3Cl)c(OCC)c2)C1=O. The van der Waals surface area contributed by atoms with Crippen LogP contribution < -0.4 is 9.47 Å². The highest BCUT2D eigenvalue weighted by Gasteiger charge is 2.34. The Kier molecular flexibility index (Phi) is 8.68. The van der Waals surface area contributed by atoms with Gasteiger partial charge in [-0.3, -0.25) is 14.5 Å². The molecule has 164 valence electrons. The van der Waals surface area contributed by atoms with Gasteiger partial charge in [0.05, 0.1) is 15.1 Å². The number of rotatable bonds is 9. The molecule has 0 saturated carbocycles. The molecule has 31 heavy (non-hydrogen) atoms. The summed E-state index contributed by atoms with van der Waals surface area (Å²) in [7, 11) is 0. The number of ether oxygens (including phenoxy) is 2. The number of halogens is 2. The van der Waals surface area contributed by atoms with Crippen molar-refractivity contribution in [3.8, 4) is 11.5 Å². The van der Waals surface area contributed by atoms with Crippen molar-refractivity contribution >= 4 is 63.2 Å². The molecule has 0 radical (unpaired) electrons. The highest BCUT2D eigenvalue weighted by molar-refractivity contribution is 14.1. The zero-order valence-corrected chi connectivity index (χ0v) is 21.1. The van der Waals surface area contributed by atoms with Crippen molar-refractivity contribution in [3.63, 3.8) is 0 Å². The van der Waals surface area contributed by atoms with E-state index in [0.29, 0.717) is 41.2 Å². The fraction of sp³-hybridized carbons (Fsp3) is 0.304. The lowest BCUT2D eigenvalue weighted by atomic mass is 10.1. The van der Waals surface area contributed by atoms with E-state index in [-0.39, 0.29) is 11.1 Å². The summed E-state index contributed by atoms with van der Waals surface area (Å²) < 4.78 is 12.7. The number of carbonyl (C=O) groups excluding carboxylic acids is 2. The average molecular weight is 572 g/mol. The lowest BCUT2D eigenvalue weighted by molar-refractivity contribution is -0.122. The van der Waals surface area contributed by atoms with Gasteiger partial charge in [-0.15, -0.1) is 0 Å². The summed E-state index contributed by atoms with van der Waals surface area (Å²) in [6, 6.07) is 11.3. The van der Waals surface area contributed by atoms with Gasteiger partial charge in [0.15, 0.2) is 11.5 Å². The number of benzene rings is 2. The molecule has 1 heterocycles. The van der Waals surface area contributed by atoms with Gasteiger partial charge in [-0.1, -0.05) is 43.1 Å². The van der Waals surface area contributed by atoms with E-state index in [4.69, 9.17) is 21.1 Å². The molecule has 8 heteroatoms. The number of hydrogen-bond acceptors (Lipinski definition) is 5. The van der Waals surface area contributed by atoms with Crippen LogP contribution in [0.5, 0.6) is 11.5 Å². The van der Waals surface area contributed by atoms with Gasteiger partial charge in [0.1, 0.15) is 6.61 Å². The van der Waals surface area contributed by atoms with Crippen LogP contribution in [0.2, 0.25) is 5.02 Å². The minimum Gasteiger partial charge on any atom is -0.490 e. The number of imide groups is 1. The maximum Gasteiger partial charge on any atom is 0.293 e. The van der Waals surface area contributed by atoms with Crippen molar-refractivity contribution in [1.29, 1.82) is 0 Å². The van der Waals surface area contributed by atoms with Crippen LogP contribution >= 0.6 is 46.0 Å². The molecule has 2 amide bonds. The molecule has 0 unspecified atom stereocenters. The Morgan fingerprint density at radius 2 is 1.94 bits per heavy atom. The summed E-state index contributed by atoms with van der Waals surface area (Å²) in [6.45, 7) is 5.16. The van der Waals surface area contributed by atoms with E-state index in [0.717, 1.165) is 39.3 Å². The first-order chi connectivity index (χ1) is 14.9. The molecule has 0 aliphatic carbocycles. The first-order valence-electron chi connectivity index (χ1n) is 10.0. The smallest absolute Gasteiger partial charge is 0.293 e. The highest BCUT2D eigenvalue weighted by Crippen LogP contribution is 2.38. The Labute approximate surface area is 205 Å². The van der Waals surface area contributed by atoms with Crippen molar-refractivity contribution in [3.05, 3.63) is 61.0 Å². The molecule has 1 aliphatic heterocycles. The molecular formula is C23H23ClINO4S. The van der Waals surface area contributed by atoms with E-state index in [9.17, 15) is 9.59 Å². The minimum atomic E-state index is -0.240. The van der Waals surface area contributed by atoms with Gasteiger partial charge in [-0.25, -0.2) is 0 Å².